The fourth-order valence-electron chi connectivity index (χ4n) is 1.69. The molecule has 1 atom stereocenters. The number of nitrogens with zero attached hydrogens (tertiary/aromatic N) is 2. The molecule has 0 bridgehead atoms. The fraction of sp³-hybridized carbons (Fsp3) is 0.636. The van der Waals surface area contributed by atoms with E-state index in [2.05, 4.69) is 5.10 Å². The van der Waals surface area contributed by atoms with Gasteiger partial charge in [-0.2, -0.15) is 5.10 Å². The zero-order chi connectivity index (χ0) is 11.4. The highest BCUT2D eigenvalue weighted by atomic mass is 35.5. The number of hydrogen-bond acceptors (Lipinski definition) is 2. The molecule has 3 nitrogen and oxygen atoms in total. The molecule has 0 aliphatic heterocycles. The van der Waals surface area contributed by atoms with Crippen LogP contribution in [0.4, 0.5) is 0 Å². The molecule has 0 aromatic carbocycles. The van der Waals surface area contributed by atoms with Gasteiger partial charge in [-0.05, 0) is 32.8 Å². The largest absolute Gasteiger partial charge is 0.300 e. The maximum Gasteiger partial charge on any atom is 0.133 e. The quantitative estimate of drug-likeness (QED) is 0.724. The Hall–Kier alpha value is -0.830. The third-order valence-electron chi connectivity index (χ3n) is 2.59. The molecular formula is C11H17ClN2O. The lowest BCUT2D eigenvalue weighted by molar-refractivity contribution is -0.120. The lowest BCUT2D eigenvalue weighted by Gasteiger charge is -2.11. The minimum Gasteiger partial charge on any atom is -0.300 e. The number of alkyl halides is 1. The van der Waals surface area contributed by atoms with Crippen LogP contribution in [0.1, 0.15) is 24.7 Å². The molecular weight excluding hydrogens is 212 g/mol. The van der Waals surface area contributed by atoms with Crippen LogP contribution in [-0.4, -0.2) is 21.4 Å². The van der Waals surface area contributed by atoms with Crippen LogP contribution < -0.4 is 0 Å². The van der Waals surface area contributed by atoms with Crippen molar-refractivity contribution in [3.63, 3.8) is 0 Å². The Balaban J connectivity index is 2.73. The minimum atomic E-state index is 0.0253. The lowest BCUT2D eigenvalue weighted by Crippen LogP contribution is -2.16. The summed E-state index contributed by atoms with van der Waals surface area (Å²) in [4.78, 5) is 11.4. The molecule has 0 amide bonds. The monoisotopic (exact) mass is 228 g/mol. The number of carbonyl (C=O) groups is 1. The van der Waals surface area contributed by atoms with Gasteiger partial charge in [0.25, 0.3) is 0 Å². The second-order valence-corrected chi connectivity index (χ2v) is 4.27. The molecule has 0 fully saturated rings. The second kappa shape index (κ2) is 5.31. The summed E-state index contributed by atoms with van der Waals surface area (Å²) in [5, 5.41) is 4.26. The van der Waals surface area contributed by atoms with Crippen molar-refractivity contribution >= 4 is 17.4 Å². The van der Waals surface area contributed by atoms with Crippen molar-refractivity contribution in [1.82, 2.24) is 9.78 Å². The number of hydrogen-bond donors (Lipinski definition) is 0. The molecule has 1 unspecified atom stereocenters. The van der Waals surface area contributed by atoms with Crippen LogP contribution >= 0.6 is 11.6 Å². The van der Waals surface area contributed by atoms with Gasteiger partial charge in [-0.15, -0.1) is 11.6 Å². The Bertz CT molecular complexity index is 346. The van der Waals surface area contributed by atoms with E-state index in [1.807, 2.05) is 24.7 Å². The number of halogens is 1. The molecule has 1 aromatic rings. The van der Waals surface area contributed by atoms with Gasteiger partial charge in [0.05, 0.1) is 5.69 Å². The molecule has 1 aromatic heterocycles. The average molecular weight is 229 g/mol. The normalized spacial score (nSPS) is 12.8. The van der Waals surface area contributed by atoms with Gasteiger partial charge in [0.1, 0.15) is 5.78 Å². The number of aromatic nitrogens is 2. The molecule has 0 aliphatic carbocycles. The van der Waals surface area contributed by atoms with Gasteiger partial charge >= 0.3 is 0 Å². The van der Waals surface area contributed by atoms with Crippen molar-refractivity contribution in [1.29, 1.82) is 0 Å². The molecule has 1 heterocycles. The highest BCUT2D eigenvalue weighted by Gasteiger charge is 2.16. The van der Waals surface area contributed by atoms with Crippen molar-refractivity contribution in [2.24, 2.45) is 13.0 Å². The predicted molar refractivity (Wildman–Crippen MR) is 61.2 cm³/mol. The number of aryl methyl sites for hydroxylation is 2. The Kier molecular flexibility index (Phi) is 4.33. The van der Waals surface area contributed by atoms with Gasteiger partial charge in [-0.3, -0.25) is 9.48 Å². The van der Waals surface area contributed by atoms with E-state index in [-0.39, 0.29) is 11.7 Å². The number of rotatable bonds is 5. The standard InChI is InChI=1S/C11H17ClN2O/c1-8-6-11(14(3)13-8)7-10(4-5-12)9(2)15/h6,10H,4-5,7H2,1-3H3. The number of carbonyl (C=O) groups excluding carboxylic acids is 1. The van der Waals surface area contributed by atoms with Crippen LogP contribution in [0, 0.1) is 12.8 Å². The van der Waals surface area contributed by atoms with Crippen LogP contribution in [-0.2, 0) is 18.3 Å². The first-order valence-corrected chi connectivity index (χ1v) is 5.64. The Labute approximate surface area is 95.4 Å². The van der Waals surface area contributed by atoms with Crippen molar-refractivity contribution in [2.75, 3.05) is 5.88 Å². The third kappa shape index (κ3) is 3.34. The van der Waals surface area contributed by atoms with E-state index in [1.54, 1.807) is 6.92 Å². The van der Waals surface area contributed by atoms with Crippen LogP contribution in [0.5, 0.6) is 0 Å². The summed E-state index contributed by atoms with van der Waals surface area (Å²) >= 11 is 5.68. The summed E-state index contributed by atoms with van der Waals surface area (Å²) in [7, 11) is 1.90. The van der Waals surface area contributed by atoms with Crippen LogP contribution in [0.15, 0.2) is 6.07 Å². The van der Waals surface area contributed by atoms with Crippen molar-refractivity contribution in [2.45, 2.75) is 26.7 Å². The third-order valence-corrected chi connectivity index (χ3v) is 2.81. The highest BCUT2D eigenvalue weighted by molar-refractivity contribution is 6.18. The zero-order valence-electron chi connectivity index (χ0n) is 9.46. The molecule has 0 saturated carbocycles. The van der Waals surface area contributed by atoms with Gasteiger partial charge in [0, 0.05) is 24.5 Å². The second-order valence-electron chi connectivity index (χ2n) is 3.89. The molecule has 0 radical (unpaired) electrons. The van der Waals surface area contributed by atoms with E-state index in [1.165, 1.54) is 0 Å². The predicted octanol–water partition coefficient (Wildman–Crippen LogP) is 2.11. The van der Waals surface area contributed by atoms with E-state index in [0.29, 0.717) is 5.88 Å². The van der Waals surface area contributed by atoms with E-state index >= 15 is 0 Å². The molecule has 0 aliphatic rings. The van der Waals surface area contributed by atoms with Gasteiger partial charge in [0.15, 0.2) is 0 Å². The number of Topliss-reactive ketones (excluding diaryl/α,β-unsaturated/α-hetero) is 1. The maximum atomic E-state index is 11.4. The fourth-order valence-corrected chi connectivity index (χ4v) is 1.95. The molecule has 0 spiro atoms. The van der Waals surface area contributed by atoms with Crippen LogP contribution in [0.3, 0.4) is 0 Å². The SMILES string of the molecule is CC(=O)C(CCCl)Cc1cc(C)nn1C. The molecule has 84 valence electrons. The first-order valence-electron chi connectivity index (χ1n) is 5.10. The summed E-state index contributed by atoms with van der Waals surface area (Å²) < 4.78 is 1.83. The van der Waals surface area contributed by atoms with Crippen molar-refractivity contribution in [3.05, 3.63) is 17.5 Å². The summed E-state index contributed by atoms with van der Waals surface area (Å²) in [5.41, 5.74) is 2.08. The van der Waals surface area contributed by atoms with Gasteiger partial charge in [0.2, 0.25) is 0 Å². The highest BCUT2D eigenvalue weighted by Crippen LogP contribution is 2.14. The zero-order valence-corrected chi connectivity index (χ0v) is 10.2. The lowest BCUT2D eigenvalue weighted by atomic mass is 9.96. The smallest absolute Gasteiger partial charge is 0.133 e. The topological polar surface area (TPSA) is 34.9 Å². The van der Waals surface area contributed by atoms with E-state index in [0.717, 1.165) is 24.2 Å². The summed E-state index contributed by atoms with van der Waals surface area (Å²) in [5.74, 6) is 0.757. The van der Waals surface area contributed by atoms with Gasteiger partial charge in [-0.1, -0.05) is 0 Å². The molecule has 1 rings (SSSR count). The Morgan fingerprint density at radius 1 is 1.67 bits per heavy atom. The Morgan fingerprint density at radius 3 is 2.73 bits per heavy atom. The van der Waals surface area contributed by atoms with Crippen LogP contribution in [0.2, 0.25) is 0 Å². The van der Waals surface area contributed by atoms with E-state index in [4.69, 9.17) is 11.6 Å². The summed E-state index contributed by atoms with van der Waals surface area (Å²) in [6.07, 6.45) is 1.47. The minimum absolute atomic E-state index is 0.0253. The Morgan fingerprint density at radius 2 is 2.33 bits per heavy atom. The molecule has 4 heteroatoms. The molecule has 15 heavy (non-hydrogen) atoms. The first kappa shape index (κ1) is 12.2. The van der Waals surface area contributed by atoms with Crippen molar-refractivity contribution in [3.8, 4) is 0 Å². The maximum absolute atomic E-state index is 11.4. The first-order chi connectivity index (χ1) is 7.04. The summed E-state index contributed by atoms with van der Waals surface area (Å²) in [6, 6.07) is 2.02. The van der Waals surface area contributed by atoms with E-state index < -0.39 is 0 Å². The number of ketones is 1. The van der Waals surface area contributed by atoms with Gasteiger partial charge in [-0.25, -0.2) is 0 Å². The van der Waals surface area contributed by atoms with Crippen molar-refractivity contribution < 1.29 is 4.79 Å². The van der Waals surface area contributed by atoms with Crippen LogP contribution in [0.25, 0.3) is 0 Å². The van der Waals surface area contributed by atoms with Gasteiger partial charge < -0.3 is 0 Å². The average Bonchev–Trinajstić information content (AvgIpc) is 2.44. The molecule has 0 N–H and O–H groups in total. The van der Waals surface area contributed by atoms with E-state index in [9.17, 15) is 4.79 Å². The molecule has 0 saturated heterocycles. The summed E-state index contributed by atoms with van der Waals surface area (Å²) in [6.45, 7) is 3.58.